The highest BCUT2D eigenvalue weighted by Gasteiger charge is 2.32. The zero-order valence-corrected chi connectivity index (χ0v) is 11.8. The van der Waals surface area contributed by atoms with E-state index in [2.05, 4.69) is 5.32 Å². The number of benzene rings is 2. The van der Waals surface area contributed by atoms with Crippen LogP contribution in [0, 0.1) is 0 Å². The van der Waals surface area contributed by atoms with Crippen molar-refractivity contribution in [2.45, 2.75) is 5.92 Å². The summed E-state index contributed by atoms with van der Waals surface area (Å²) >= 11 is 6.22. The summed E-state index contributed by atoms with van der Waals surface area (Å²) in [5.74, 6) is -1.28. The van der Waals surface area contributed by atoms with E-state index in [1.807, 2.05) is 48.5 Å². The molecule has 1 atom stereocenters. The summed E-state index contributed by atoms with van der Waals surface area (Å²) < 4.78 is 0. The Morgan fingerprint density at radius 2 is 1.57 bits per heavy atom. The van der Waals surface area contributed by atoms with E-state index in [9.17, 15) is 9.59 Å². The van der Waals surface area contributed by atoms with Crippen molar-refractivity contribution < 1.29 is 9.59 Å². The van der Waals surface area contributed by atoms with Crippen molar-refractivity contribution in [1.82, 2.24) is 5.32 Å². The number of carbonyl (C=O) groups is 2. The van der Waals surface area contributed by atoms with Crippen LogP contribution in [0.5, 0.6) is 0 Å². The van der Waals surface area contributed by atoms with Gasteiger partial charge in [-0.2, -0.15) is 0 Å². The molecule has 2 amide bonds. The number of hydrogen-bond donors (Lipinski definition) is 1. The fourth-order valence-corrected chi connectivity index (χ4v) is 2.75. The van der Waals surface area contributed by atoms with Gasteiger partial charge in [0.15, 0.2) is 0 Å². The van der Waals surface area contributed by atoms with Crippen LogP contribution < -0.4 is 5.32 Å². The molecule has 21 heavy (non-hydrogen) atoms. The summed E-state index contributed by atoms with van der Waals surface area (Å²) in [7, 11) is 0. The van der Waals surface area contributed by atoms with Gasteiger partial charge in [0.1, 0.15) is 0 Å². The Hall–Kier alpha value is -2.39. The van der Waals surface area contributed by atoms with Crippen LogP contribution in [-0.4, -0.2) is 11.8 Å². The molecular weight excluding hydrogens is 286 g/mol. The van der Waals surface area contributed by atoms with Gasteiger partial charge in [0.25, 0.3) is 5.91 Å². The molecule has 0 fully saturated rings. The Labute approximate surface area is 127 Å². The van der Waals surface area contributed by atoms with E-state index in [1.54, 1.807) is 6.07 Å². The third-order valence-corrected chi connectivity index (χ3v) is 3.75. The van der Waals surface area contributed by atoms with E-state index >= 15 is 0 Å². The summed E-state index contributed by atoms with van der Waals surface area (Å²) in [6, 6.07) is 16.6. The van der Waals surface area contributed by atoms with E-state index in [4.69, 9.17) is 11.6 Å². The first-order valence-corrected chi connectivity index (χ1v) is 6.91. The van der Waals surface area contributed by atoms with Gasteiger partial charge in [0.2, 0.25) is 5.91 Å². The smallest absolute Gasteiger partial charge is 0.250 e. The van der Waals surface area contributed by atoms with Gasteiger partial charge >= 0.3 is 0 Å². The van der Waals surface area contributed by atoms with Gasteiger partial charge in [0.05, 0.1) is 5.92 Å². The molecule has 0 aromatic heterocycles. The maximum Gasteiger partial charge on any atom is 0.250 e. The van der Waals surface area contributed by atoms with Crippen molar-refractivity contribution in [2.24, 2.45) is 0 Å². The molecule has 0 saturated heterocycles. The number of hydrogen-bond acceptors (Lipinski definition) is 2. The first-order chi connectivity index (χ1) is 10.2. The lowest BCUT2D eigenvalue weighted by molar-refractivity contribution is -0.128. The van der Waals surface area contributed by atoms with Crippen LogP contribution in [0.25, 0.3) is 5.57 Å². The lowest BCUT2D eigenvalue weighted by atomic mass is 9.84. The lowest BCUT2D eigenvalue weighted by Gasteiger charge is -2.24. The van der Waals surface area contributed by atoms with Crippen LogP contribution in [0.2, 0.25) is 5.02 Å². The molecule has 3 nitrogen and oxygen atoms in total. The van der Waals surface area contributed by atoms with Crippen molar-refractivity contribution in [3.63, 3.8) is 0 Å². The molecule has 3 rings (SSSR count). The van der Waals surface area contributed by atoms with Crippen LogP contribution >= 0.6 is 11.6 Å². The van der Waals surface area contributed by atoms with Gasteiger partial charge in [-0.05, 0) is 22.8 Å². The van der Waals surface area contributed by atoms with Gasteiger partial charge in [-0.25, -0.2) is 0 Å². The van der Waals surface area contributed by atoms with Crippen LogP contribution in [-0.2, 0) is 9.59 Å². The number of carbonyl (C=O) groups excluding carboxylic acids is 2. The minimum Gasteiger partial charge on any atom is -0.292 e. The molecule has 1 aliphatic rings. The summed E-state index contributed by atoms with van der Waals surface area (Å²) in [5, 5.41) is 2.87. The van der Waals surface area contributed by atoms with Gasteiger partial charge < -0.3 is 0 Å². The van der Waals surface area contributed by atoms with Gasteiger partial charge in [-0.3, -0.25) is 14.9 Å². The van der Waals surface area contributed by atoms with E-state index in [0.717, 1.165) is 5.56 Å². The number of halogens is 1. The molecular formula is C17H12ClNO2. The molecule has 0 radical (unpaired) electrons. The highest BCUT2D eigenvalue weighted by Crippen LogP contribution is 2.37. The average molecular weight is 298 g/mol. The fraction of sp³-hybridized carbons (Fsp3) is 0.0588. The standard InChI is InChI=1S/C17H12ClNO2/c18-14-9-5-4-8-12(14)13-10-15(20)19-17(21)16(13)11-6-2-1-3-7-11/h1-10,16H,(H,19,20,21). The van der Waals surface area contributed by atoms with Crippen molar-refractivity contribution >= 4 is 29.0 Å². The normalized spacial score (nSPS) is 18.1. The maximum atomic E-state index is 12.3. The number of imide groups is 1. The van der Waals surface area contributed by atoms with E-state index in [1.165, 1.54) is 6.08 Å². The Morgan fingerprint density at radius 3 is 2.29 bits per heavy atom. The summed E-state index contributed by atoms with van der Waals surface area (Å²) in [4.78, 5) is 24.0. The molecule has 104 valence electrons. The van der Waals surface area contributed by atoms with Crippen molar-refractivity contribution in [3.05, 3.63) is 76.8 Å². The Kier molecular flexibility index (Phi) is 3.59. The Bertz CT molecular complexity index is 737. The zero-order chi connectivity index (χ0) is 14.8. The van der Waals surface area contributed by atoms with Gasteiger partial charge in [0, 0.05) is 11.1 Å². The predicted molar refractivity (Wildman–Crippen MR) is 81.8 cm³/mol. The van der Waals surface area contributed by atoms with Gasteiger partial charge in [-0.15, -0.1) is 0 Å². The number of amides is 2. The van der Waals surface area contributed by atoms with Crippen molar-refractivity contribution in [1.29, 1.82) is 0 Å². The first kappa shape index (κ1) is 13.6. The second-order valence-electron chi connectivity index (χ2n) is 4.78. The molecule has 1 heterocycles. The topological polar surface area (TPSA) is 46.2 Å². The SMILES string of the molecule is O=C1C=C(c2ccccc2Cl)C(c2ccccc2)C(=O)N1. The molecule has 0 saturated carbocycles. The Morgan fingerprint density at radius 1 is 0.905 bits per heavy atom. The van der Waals surface area contributed by atoms with E-state index < -0.39 is 11.8 Å². The summed E-state index contributed by atoms with van der Waals surface area (Å²) in [6.45, 7) is 0. The highest BCUT2D eigenvalue weighted by molar-refractivity contribution is 6.33. The second kappa shape index (κ2) is 5.54. The fourth-order valence-electron chi connectivity index (χ4n) is 2.50. The molecule has 0 bridgehead atoms. The number of rotatable bonds is 2. The zero-order valence-electron chi connectivity index (χ0n) is 11.0. The third kappa shape index (κ3) is 2.60. The van der Waals surface area contributed by atoms with Crippen LogP contribution in [0.3, 0.4) is 0 Å². The van der Waals surface area contributed by atoms with Crippen LogP contribution in [0.4, 0.5) is 0 Å². The van der Waals surface area contributed by atoms with Crippen LogP contribution in [0.15, 0.2) is 60.7 Å². The summed E-state index contributed by atoms with van der Waals surface area (Å²) in [6.07, 6.45) is 1.44. The molecule has 1 N–H and O–H groups in total. The molecule has 1 unspecified atom stereocenters. The Balaban J connectivity index is 2.16. The minimum atomic E-state index is -0.538. The predicted octanol–water partition coefficient (Wildman–Crippen LogP) is 3.16. The van der Waals surface area contributed by atoms with Crippen molar-refractivity contribution in [3.8, 4) is 0 Å². The minimum absolute atomic E-state index is 0.330. The van der Waals surface area contributed by atoms with Gasteiger partial charge in [-0.1, -0.05) is 60.1 Å². The van der Waals surface area contributed by atoms with E-state index in [0.29, 0.717) is 16.2 Å². The number of nitrogens with one attached hydrogen (secondary N) is 1. The molecule has 2 aromatic rings. The quantitative estimate of drug-likeness (QED) is 0.866. The largest absolute Gasteiger partial charge is 0.292 e. The van der Waals surface area contributed by atoms with Crippen molar-refractivity contribution in [2.75, 3.05) is 0 Å². The maximum absolute atomic E-state index is 12.3. The third-order valence-electron chi connectivity index (χ3n) is 3.42. The summed E-state index contributed by atoms with van der Waals surface area (Å²) in [5.41, 5.74) is 2.16. The van der Waals surface area contributed by atoms with E-state index in [-0.39, 0.29) is 5.91 Å². The average Bonchev–Trinajstić information content (AvgIpc) is 2.48. The highest BCUT2D eigenvalue weighted by atomic mass is 35.5. The monoisotopic (exact) mass is 297 g/mol. The molecule has 0 spiro atoms. The molecule has 4 heteroatoms. The first-order valence-electron chi connectivity index (χ1n) is 6.53. The van der Waals surface area contributed by atoms with Crippen LogP contribution in [0.1, 0.15) is 17.0 Å². The molecule has 0 aliphatic carbocycles. The molecule has 2 aromatic carbocycles. The lowest BCUT2D eigenvalue weighted by Crippen LogP contribution is -2.38. The molecule has 1 aliphatic heterocycles. The second-order valence-corrected chi connectivity index (χ2v) is 5.18.